The SMILES string of the molecule is COC1C=C(/C=C/C2OC(=O)C3CCCCN3C(=O)C(=O)C3(O)OC(CCC3C)C(C)C3OC4(CC(O)C2C)OCC3C(C)CC4C)CCC1O. The van der Waals surface area contributed by atoms with Gasteiger partial charge in [0.1, 0.15) is 18.2 Å². The van der Waals surface area contributed by atoms with E-state index in [1.54, 1.807) is 20.1 Å². The number of Topliss-reactive ketones (excluding diaryl/α,β-unsaturated/α-hetero) is 1. The van der Waals surface area contributed by atoms with Crippen LogP contribution < -0.4 is 0 Å². The Morgan fingerprint density at radius 2 is 1.71 bits per heavy atom. The number of amides is 1. The van der Waals surface area contributed by atoms with Gasteiger partial charge in [0, 0.05) is 49.7 Å². The van der Waals surface area contributed by atoms with E-state index in [1.807, 2.05) is 26.0 Å². The van der Waals surface area contributed by atoms with Crippen LogP contribution in [0.1, 0.15) is 92.4 Å². The highest BCUT2D eigenvalue weighted by atomic mass is 16.7. The van der Waals surface area contributed by atoms with Crippen LogP contribution in [0.3, 0.4) is 0 Å². The van der Waals surface area contributed by atoms with Gasteiger partial charge in [-0.05, 0) is 68.9 Å². The molecule has 7 aliphatic rings. The number of cyclic esters (lactones) is 1. The second-order valence-corrected chi connectivity index (χ2v) is 16.5. The van der Waals surface area contributed by atoms with E-state index in [1.165, 1.54) is 4.90 Å². The van der Waals surface area contributed by atoms with Crippen LogP contribution in [-0.4, -0.2) is 112 Å². The lowest BCUT2D eigenvalue weighted by atomic mass is 9.77. The highest BCUT2D eigenvalue weighted by Crippen LogP contribution is 2.50. The fourth-order valence-corrected chi connectivity index (χ4v) is 9.42. The van der Waals surface area contributed by atoms with Crippen molar-refractivity contribution in [3.8, 4) is 0 Å². The van der Waals surface area contributed by atoms with Gasteiger partial charge in [-0.3, -0.25) is 9.59 Å². The Labute approximate surface area is 301 Å². The molecule has 5 bridgehead atoms. The van der Waals surface area contributed by atoms with Gasteiger partial charge in [-0.25, -0.2) is 4.79 Å². The summed E-state index contributed by atoms with van der Waals surface area (Å²) in [6, 6.07) is -1.05. The number of aliphatic hydroxyl groups excluding tert-OH is 2. The number of carbonyl (C=O) groups is 3. The molecule has 15 unspecified atom stereocenters. The lowest BCUT2D eigenvalue weighted by Crippen LogP contribution is -2.62. The van der Waals surface area contributed by atoms with Crippen LogP contribution >= 0.6 is 0 Å². The molecule has 0 radical (unpaired) electrons. The average molecular weight is 718 g/mol. The molecule has 6 heterocycles. The minimum Gasteiger partial charge on any atom is -0.456 e. The fraction of sp³-hybridized carbons (Fsp3) is 0.821. The number of hydrogen-bond donors (Lipinski definition) is 3. The molecule has 0 aromatic heterocycles. The first kappa shape index (κ1) is 38.5. The van der Waals surface area contributed by atoms with Gasteiger partial charge >= 0.3 is 5.97 Å². The number of carbonyl (C=O) groups excluding carboxylic acids is 3. The molecular formula is C39H59NO11. The first-order valence-corrected chi connectivity index (χ1v) is 19.2. The Morgan fingerprint density at radius 1 is 0.941 bits per heavy atom. The molecule has 1 spiro atoms. The standard InChI is InChI=1S/C39H59NO11/c1-21-17-23(3)38-19-30(42)24(4)31(15-12-26-11-13-29(41)33(18-26)47-6)49-37(45)28-9-7-8-16-40(28)36(44)35(43)39(46)22(2)10-14-32(50-39)25(5)34(51-38)27(21)20-48-38/h12,15,18,21-25,27-34,41-42,46H,7-11,13-14,16-17,19-20H2,1-6H3/b15-12+. The molecule has 3 N–H and O–H groups in total. The molecule has 15 atom stereocenters. The Bertz CT molecular complexity index is 1370. The normalized spacial score (nSPS) is 47.3. The average Bonchev–Trinajstić information content (AvgIpc) is 3.30. The van der Waals surface area contributed by atoms with Crippen molar-refractivity contribution < 1.29 is 53.4 Å². The summed E-state index contributed by atoms with van der Waals surface area (Å²) in [6.07, 6.45) is 6.11. The molecule has 6 fully saturated rings. The summed E-state index contributed by atoms with van der Waals surface area (Å²) in [7, 11) is 1.54. The predicted molar refractivity (Wildman–Crippen MR) is 185 cm³/mol. The number of ether oxygens (including phenoxy) is 5. The van der Waals surface area contributed by atoms with Crippen molar-refractivity contribution in [3.63, 3.8) is 0 Å². The number of hydrogen-bond acceptors (Lipinski definition) is 11. The maximum Gasteiger partial charge on any atom is 0.329 e. The number of nitrogens with zero attached hydrogens (tertiary/aromatic N) is 1. The van der Waals surface area contributed by atoms with Crippen LogP contribution in [0, 0.1) is 35.5 Å². The molecule has 0 aromatic carbocycles. The minimum absolute atomic E-state index is 0.0204. The van der Waals surface area contributed by atoms with Gasteiger partial charge < -0.3 is 43.9 Å². The lowest BCUT2D eigenvalue weighted by molar-refractivity contribution is -0.349. The first-order valence-electron chi connectivity index (χ1n) is 19.2. The fourth-order valence-electron chi connectivity index (χ4n) is 9.42. The van der Waals surface area contributed by atoms with E-state index in [0.717, 1.165) is 12.0 Å². The third-order valence-electron chi connectivity index (χ3n) is 13.2. The van der Waals surface area contributed by atoms with E-state index < -0.39 is 77.6 Å². The van der Waals surface area contributed by atoms with Crippen LogP contribution in [0.25, 0.3) is 0 Å². The summed E-state index contributed by atoms with van der Waals surface area (Å²) in [5.41, 5.74) is 0.897. The number of fused-ring (bicyclic) bond motifs is 6. The lowest BCUT2D eigenvalue weighted by Gasteiger charge is -2.50. The van der Waals surface area contributed by atoms with E-state index in [0.29, 0.717) is 51.6 Å². The first-order chi connectivity index (χ1) is 24.2. The topological polar surface area (TPSA) is 161 Å². The summed E-state index contributed by atoms with van der Waals surface area (Å²) in [5.74, 6) is -7.54. The van der Waals surface area contributed by atoms with Crippen LogP contribution in [0.2, 0.25) is 0 Å². The van der Waals surface area contributed by atoms with Crippen molar-refractivity contribution >= 4 is 17.7 Å². The van der Waals surface area contributed by atoms with E-state index in [4.69, 9.17) is 23.7 Å². The van der Waals surface area contributed by atoms with Gasteiger partial charge in [0.15, 0.2) is 5.79 Å². The number of methoxy groups -OCH3 is 1. The zero-order valence-corrected chi connectivity index (χ0v) is 31.1. The van der Waals surface area contributed by atoms with Crippen molar-refractivity contribution in [1.82, 2.24) is 4.90 Å². The number of aliphatic hydroxyl groups is 3. The molecule has 0 aromatic rings. The van der Waals surface area contributed by atoms with Crippen LogP contribution in [0.5, 0.6) is 0 Å². The zero-order chi connectivity index (χ0) is 36.8. The van der Waals surface area contributed by atoms with Crippen LogP contribution in [0.4, 0.5) is 0 Å². The van der Waals surface area contributed by atoms with Gasteiger partial charge in [-0.1, -0.05) is 46.8 Å². The van der Waals surface area contributed by atoms with E-state index >= 15 is 0 Å². The Kier molecular flexibility index (Phi) is 11.5. The van der Waals surface area contributed by atoms with Gasteiger partial charge in [0.2, 0.25) is 5.79 Å². The largest absolute Gasteiger partial charge is 0.456 e. The highest BCUT2D eigenvalue weighted by molar-refractivity contribution is 6.39. The van der Waals surface area contributed by atoms with E-state index in [2.05, 4.69) is 13.8 Å². The van der Waals surface area contributed by atoms with Gasteiger partial charge in [0.05, 0.1) is 31.0 Å². The maximum absolute atomic E-state index is 14.1. The summed E-state index contributed by atoms with van der Waals surface area (Å²) >= 11 is 0. The molecule has 286 valence electrons. The second kappa shape index (κ2) is 15.3. The van der Waals surface area contributed by atoms with Crippen molar-refractivity contribution in [3.05, 3.63) is 23.8 Å². The molecule has 6 saturated heterocycles. The minimum atomic E-state index is -2.36. The highest BCUT2D eigenvalue weighted by Gasteiger charge is 2.58. The second-order valence-electron chi connectivity index (χ2n) is 16.5. The van der Waals surface area contributed by atoms with E-state index in [9.17, 15) is 29.7 Å². The Balaban J connectivity index is 1.40. The summed E-state index contributed by atoms with van der Waals surface area (Å²) < 4.78 is 31.5. The van der Waals surface area contributed by atoms with Gasteiger partial charge in [-0.2, -0.15) is 0 Å². The number of piperidine rings is 1. The summed E-state index contributed by atoms with van der Waals surface area (Å²) in [6.45, 7) is 10.4. The number of allylic oxidation sites excluding steroid dienone is 2. The van der Waals surface area contributed by atoms with Crippen molar-refractivity contribution in [2.45, 2.75) is 147 Å². The number of esters is 1. The van der Waals surface area contributed by atoms with Crippen molar-refractivity contribution in [2.75, 3.05) is 20.3 Å². The number of rotatable bonds is 3. The zero-order valence-electron chi connectivity index (χ0n) is 31.1. The van der Waals surface area contributed by atoms with E-state index in [-0.39, 0.29) is 42.7 Å². The third-order valence-corrected chi connectivity index (χ3v) is 13.2. The maximum atomic E-state index is 14.1. The molecular weight excluding hydrogens is 658 g/mol. The van der Waals surface area contributed by atoms with Crippen LogP contribution in [0.15, 0.2) is 23.8 Å². The molecule has 6 aliphatic heterocycles. The molecule has 1 aliphatic carbocycles. The van der Waals surface area contributed by atoms with Crippen molar-refractivity contribution in [2.24, 2.45) is 35.5 Å². The monoisotopic (exact) mass is 717 g/mol. The van der Waals surface area contributed by atoms with Gasteiger partial charge in [-0.15, -0.1) is 0 Å². The third kappa shape index (κ3) is 7.35. The Hall–Kier alpha value is -2.19. The number of ketones is 1. The molecule has 7 rings (SSSR count). The molecule has 51 heavy (non-hydrogen) atoms. The molecule has 12 nitrogen and oxygen atoms in total. The predicted octanol–water partition coefficient (Wildman–Crippen LogP) is 3.45. The van der Waals surface area contributed by atoms with Gasteiger partial charge in [0.25, 0.3) is 11.7 Å². The Morgan fingerprint density at radius 3 is 2.45 bits per heavy atom. The molecule has 0 saturated carbocycles. The smallest absolute Gasteiger partial charge is 0.329 e. The van der Waals surface area contributed by atoms with Crippen molar-refractivity contribution in [1.29, 1.82) is 0 Å². The molecule has 12 heteroatoms. The summed E-state index contributed by atoms with van der Waals surface area (Å²) in [4.78, 5) is 43.4. The molecule has 1 amide bonds. The summed E-state index contributed by atoms with van der Waals surface area (Å²) in [5, 5.41) is 34.2. The quantitative estimate of drug-likeness (QED) is 0.290. The van der Waals surface area contributed by atoms with Crippen LogP contribution in [-0.2, 0) is 38.1 Å².